The van der Waals surface area contributed by atoms with Crippen LogP contribution in [0.2, 0.25) is 0 Å². The van der Waals surface area contributed by atoms with Gasteiger partial charge in [-0.2, -0.15) is 0 Å². The minimum Gasteiger partial charge on any atom is -0.496 e. The summed E-state index contributed by atoms with van der Waals surface area (Å²) < 4.78 is 10.2. The maximum atomic E-state index is 11.2. The fourth-order valence-corrected chi connectivity index (χ4v) is 3.08. The zero-order chi connectivity index (χ0) is 18.0. The smallest absolute Gasteiger partial charge is 0.425 e. The van der Waals surface area contributed by atoms with Gasteiger partial charge in [0.1, 0.15) is 5.75 Å². The second-order valence-electron chi connectivity index (χ2n) is 5.78. The summed E-state index contributed by atoms with van der Waals surface area (Å²) in [6.07, 6.45) is -0.562. The predicted octanol–water partition coefficient (Wildman–Crippen LogP) is 4.14. The normalized spacial score (nSPS) is 10.6. The molecular weight excluding hydrogens is 318 g/mol. The maximum absolute atomic E-state index is 11.2. The SMILES string of the molecule is COC(=O)NNc1cc(C)c(-c2c(C)[nH]c3ccccc23)c(OC)c1. The van der Waals surface area contributed by atoms with Crippen LogP contribution in [0.4, 0.5) is 10.5 Å². The Morgan fingerprint density at radius 3 is 2.56 bits per heavy atom. The number of anilines is 1. The van der Waals surface area contributed by atoms with Gasteiger partial charge in [0.15, 0.2) is 0 Å². The number of fused-ring (bicyclic) bond motifs is 1. The quantitative estimate of drug-likeness (QED) is 0.624. The zero-order valence-electron chi connectivity index (χ0n) is 14.7. The lowest BCUT2D eigenvalue weighted by Gasteiger charge is -2.16. The van der Waals surface area contributed by atoms with Crippen molar-refractivity contribution in [2.45, 2.75) is 13.8 Å². The number of rotatable bonds is 4. The van der Waals surface area contributed by atoms with Crippen LogP contribution in [-0.4, -0.2) is 25.3 Å². The largest absolute Gasteiger partial charge is 0.496 e. The Hall–Kier alpha value is -3.15. The third-order valence-corrected chi connectivity index (χ3v) is 4.16. The third kappa shape index (κ3) is 3.10. The monoisotopic (exact) mass is 339 g/mol. The molecule has 1 heterocycles. The number of carbonyl (C=O) groups excluding carboxylic acids is 1. The van der Waals surface area contributed by atoms with Crippen molar-refractivity contribution in [3.63, 3.8) is 0 Å². The first-order valence-electron chi connectivity index (χ1n) is 7.91. The fraction of sp³-hybridized carbons (Fsp3) is 0.211. The highest BCUT2D eigenvalue weighted by atomic mass is 16.5. The Kier molecular flexibility index (Phi) is 4.52. The summed E-state index contributed by atoms with van der Waals surface area (Å²) in [5.41, 5.74) is 11.3. The van der Waals surface area contributed by atoms with Gasteiger partial charge in [0.05, 0.1) is 19.9 Å². The second-order valence-corrected chi connectivity index (χ2v) is 5.78. The molecular formula is C19H21N3O3. The fourth-order valence-electron chi connectivity index (χ4n) is 3.08. The van der Waals surface area contributed by atoms with Gasteiger partial charge in [-0.25, -0.2) is 10.2 Å². The van der Waals surface area contributed by atoms with Crippen LogP contribution in [-0.2, 0) is 4.74 Å². The average molecular weight is 339 g/mol. The summed E-state index contributed by atoms with van der Waals surface area (Å²) in [6, 6.07) is 12.0. The first-order chi connectivity index (χ1) is 12.0. The topological polar surface area (TPSA) is 75.4 Å². The molecule has 0 aliphatic heterocycles. The van der Waals surface area contributed by atoms with Crippen molar-refractivity contribution in [1.29, 1.82) is 0 Å². The number of ether oxygens (including phenoxy) is 2. The van der Waals surface area contributed by atoms with Crippen LogP contribution in [0, 0.1) is 13.8 Å². The Bertz CT molecular complexity index is 931. The lowest BCUT2D eigenvalue weighted by molar-refractivity contribution is 0.173. The van der Waals surface area contributed by atoms with E-state index in [2.05, 4.69) is 39.6 Å². The Morgan fingerprint density at radius 2 is 1.84 bits per heavy atom. The zero-order valence-corrected chi connectivity index (χ0v) is 14.7. The van der Waals surface area contributed by atoms with E-state index in [0.29, 0.717) is 5.69 Å². The van der Waals surface area contributed by atoms with Gasteiger partial charge in [-0.3, -0.25) is 5.43 Å². The van der Waals surface area contributed by atoms with E-state index in [4.69, 9.17) is 4.74 Å². The number of nitrogens with one attached hydrogen (secondary N) is 3. The molecule has 0 aliphatic carbocycles. The summed E-state index contributed by atoms with van der Waals surface area (Å²) >= 11 is 0. The van der Waals surface area contributed by atoms with Gasteiger partial charge >= 0.3 is 6.09 Å². The Labute approximate surface area is 146 Å². The number of aromatic nitrogens is 1. The molecule has 3 rings (SSSR count). The molecule has 3 aromatic rings. The van der Waals surface area contributed by atoms with E-state index < -0.39 is 6.09 Å². The van der Waals surface area contributed by atoms with Crippen LogP contribution in [0.3, 0.4) is 0 Å². The van der Waals surface area contributed by atoms with Crippen molar-refractivity contribution in [2.24, 2.45) is 0 Å². The number of aromatic amines is 1. The van der Waals surface area contributed by atoms with E-state index in [0.717, 1.165) is 39.0 Å². The summed E-state index contributed by atoms with van der Waals surface area (Å²) in [4.78, 5) is 14.7. The molecule has 0 fully saturated rings. The van der Waals surface area contributed by atoms with Crippen LogP contribution in [0.1, 0.15) is 11.3 Å². The molecule has 0 atom stereocenters. The number of para-hydroxylation sites is 1. The first kappa shape index (κ1) is 16.7. The molecule has 0 unspecified atom stereocenters. The number of hydrogen-bond donors (Lipinski definition) is 3. The molecule has 3 N–H and O–H groups in total. The van der Waals surface area contributed by atoms with E-state index in [9.17, 15) is 4.79 Å². The molecule has 0 spiro atoms. The van der Waals surface area contributed by atoms with Gasteiger partial charge in [0.2, 0.25) is 0 Å². The van der Waals surface area contributed by atoms with E-state index >= 15 is 0 Å². The molecule has 0 saturated carbocycles. The summed E-state index contributed by atoms with van der Waals surface area (Å²) in [7, 11) is 2.95. The van der Waals surface area contributed by atoms with Crippen LogP contribution >= 0.6 is 0 Å². The Balaban J connectivity index is 2.10. The van der Waals surface area contributed by atoms with Crippen LogP contribution in [0.15, 0.2) is 36.4 Å². The first-order valence-corrected chi connectivity index (χ1v) is 7.91. The molecule has 25 heavy (non-hydrogen) atoms. The van der Waals surface area contributed by atoms with Gasteiger partial charge < -0.3 is 14.5 Å². The molecule has 1 amide bonds. The lowest BCUT2D eigenvalue weighted by atomic mass is 9.96. The van der Waals surface area contributed by atoms with E-state index in [-0.39, 0.29) is 0 Å². The number of methoxy groups -OCH3 is 2. The highest BCUT2D eigenvalue weighted by Crippen LogP contribution is 2.41. The third-order valence-electron chi connectivity index (χ3n) is 4.16. The van der Waals surface area contributed by atoms with Gasteiger partial charge in [-0.05, 0) is 31.5 Å². The minimum atomic E-state index is -0.562. The summed E-state index contributed by atoms with van der Waals surface area (Å²) in [5.74, 6) is 0.724. The molecule has 0 saturated heterocycles. The predicted molar refractivity (Wildman–Crippen MR) is 98.9 cm³/mol. The number of benzene rings is 2. The molecule has 2 aromatic carbocycles. The average Bonchev–Trinajstić information content (AvgIpc) is 2.94. The van der Waals surface area contributed by atoms with Crippen LogP contribution < -0.4 is 15.6 Å². The number of H-pyrrole nitrogens is 1. The van der Waals surface area contributed by atoms with Crippen molar-refractivity contribution in [3.8, 4) is 16.9 Å². The van der Waals surface area contributed by atoms with Gasteiger partial charge in [0.25, 0.3) is 0 Å². The molecule has 6 heteroatoms. The maximum Gasteiger partial charge on any atom is 0.425 e. The molecule has 1 aromatic heterocycles. The number of hydrogen-bond acceptors (Lipinski definition) is 4. The number of amides is 1. The standard InChI is InChI=1S/C19H21N3O3/c1-11-9-13(21-22-19(23)25-4)10-16(24-3)17(11)18-12(2)20-15-8-6-5-7-14(15)18/h5-10,20-21H,1-4H3,(H,22,23). The van der Waals surface area contributed by atoms with Crippen molar-refractivity contribution in [2.75, 3.05) is 19.6 Å². The molecule has 6 nitrogen and oxygen atoms in total. The molecule has 0 aliphatic rings. The molecule has 130 valence electrons. The van der Waals surface area contributed by atoms with Gasteiger partial charge in [0, 0.05) is 33.8 Å². The van der Waals surface area contributed by atoms with E-state index in [1.54, 1.807) is 7.11 Å². The summed E-state index contributed by atoms with van der Waals surface area (Å²) in [6.45, 7) is 4.07. The Morgan fingerprint density at radius 1 is 1.08 bits per heavy atom. The van der Waals surface area contributed by atoms with Crippen LogP contribution in [0.5, 0.6) is 5.75 Å². The van der Waals surface area contributed by atoms with Gasteiger partial charge in [-0.15, -0.1) is 0 Å². The lowest BCUT2D eigenvalue weighted by Crippen LogP contribution is -2.29. The van der Waals surface area contributed by atoms with Crippen molar-refractivity contribution >= 4 is 22.7 Å². The van der Waals surface area contributed by atoms with E-state index in [1.807, 2.05) is 31.2 Å². The highest BCUT2D eigenvalue weighted by molar-refractivity contribution is 6.00. The second kappa shape index (κ2) is 6.76. The number of carbonyl (C=O) groups is 1. The summed E-state index contributed by atoms with van der Waals surface area (Å²) in [5, 5.41) is 1.15. The molecule has 0 bridgehead atoms. The van der Waals surface area contributed by atoms with E-state index in [1.165, 1.54) is 7.11 Å². The van der Waals surface area contributed by atoms with Crippen LogP contribution in [0.25, 0.3) is 22.0 Å². The van der Waals surface area contributed by atoms with Crippen molar-refractivity contribution in [3.05, 3.63) is 47.7 Å². The van der Waals surface area contributed by atoms with Crippen molar-refractivity contribution < 1.29 is 14.3 Å². The molecule has 0 radical (unpaired) electrons. The number of aryl methyl sites for hydroxylation is 2. The van der Waals surface area contributed by atoms with Crippen molar-refractivity contribution in [1.82, 2.24) is 10.4 Å². The van der Waals surface area contributed by atoms with Gasteiger partial charge in [-0.1, -0.05) is 18.2 Å². The highest BCUT2D eigenvalue weighted by Gasteiger charge is 2.18. The number of hydrazine groups is 1. The minimum absolute atomic E-state index is 0.562.